The summed E-state index contributed by atoms with van der Waals surface area (Å²) in [4.78, 5) is 19.1. The number of rotatable bonds is 8. The molecule has 0 atom stereocenters. The summed E-state index contributed by atoms with van der Waals surface area (Å²) in [5.41, 5.74) is 2.19. The summed E-state index contributed by atoms with van der Waals surface area (Å²) < 4.78 is 5.21. The number of thiazole rings is 1. The third-order valence-corrected chi connectivity index (χ3v) is 5.59. The highest BCUT2D eigenvalue weighted by molar-refractivity contribution is 7.13. The second kappa shape index (κ2) is 9.57. The standard InChI is InChI=1S/C20H27N3O2S/c1-25-18-7-5-6-16(14-18)8-9-19(24)21-11-10-17-15-26-20(22-17)23-12-3-2-4-13-23/h5-7,14-15H,2-4,8-13H2,1H3,(H,21,24). The first-order valence-electron chi connectivity index (χ1n) is 9.33. The normalized spacial score (nSPS) is 14.3. The Hall–Kier alpha value is -2.08. The van der Waals surface area contributed by atoms with Crippen LogP contribution in [0.3, 0.4) is 0 Å². The van der Waals surface area contributed by atoms with Crippen LogP contribution in [0.1, 0.15) is 36.9 Å². The van der Waals surface area contributed by atoms with E-state index in [1.54, 1.807) is 18.4 Å². The maximum Gasteiger partial charge on any atom is 0.220 e. The molecule has 1 aliphatic heterocycles. The molecule has 26 heavy (non-hydrogen) atoms. The lowest BCUT2D eigenvalue weighted by molar-refractivity contribution is -0.121. The number of nitrogens with zero attached hydrogens (tertiary/aromatic N) is 2. The summed E-state index contributed by atoms with van der Waals surface area (Å²) in [6.07, 6.45) is 5.85. The van der Waals surface area contributed by atoms with Gasteiger partial charge >= 0.3 is 0 Å². The SMILES string of the molecule is COc1cccc(CCC(=O)NCCc2csc(N3CCCCC3)n2)c1. The number of ether oxygens (including phenoxy) is 1. The number of carbonyl (C=O) groups is 1. The summed E-state index contributed by atoms with van der Waals surface area (Å²) in [6.45, 7) is 2.88. The quantitative estimate of drug-likeness (QED) is 0.770. The molecule has 1 aliphatic rings. The van der Waals surface area contributed by atoms with Crippen molar-refractivity contribution in [1.82, 2.24) is 10.3 Å². The van der Waals surface area contributed by atoms with Crippen molar-refractivity contribution >= 4 is 22.4 Å². The van der Waals surface area contributed by atoms with Gasteiger partial charge in [-0.1, -0.05) is 12.1 Å². The molecule has 0 saturated carbocycles. The minimum atomic E-state index is 0.0827. The van der Waals surface area contributed by atoms with Crippen molar-refractivity contribution < 1.29 is 9.53 Å². The van der Waals surface area contributed by atoms with Gasteiger partial charge in [0.05, 0.1) is 12.8 Å². The lowest BCUT2D eigenvalue weighted by Crippen LogP contribution is -2.29. The molecule has 2 heterocycles. The van der Waals surface area contributed by atoms with Crippen LogP contribution < -0.4 is 15.0 Å². The zero-order chi connectivity index (χ0) is 18.2. The number of hydrogen-bond donors (Lipinski definition) is 1. The molecule has 1 aromatic carbocycles. The first-order chi connectivity index (χ1) is 12.7. The van der Waals surface area contributed by atoms with Gasteiger partial charge in [-0.2, -0.15) is 0 Å². The zero-order valence-corrected chi connectivity index (χ0v) is 16.2. The van der Waals surface area contributed by atoms with Gasteiger partial charge in [-0.05, 0) is 43.4 Å². The molecule has 0 aliphatic carbocycles. The van der Waals surface area contributed by atoms with Crippen LogP contribution in [0.4, 0.5) is 5.13 Å². The van der Waals surface area contributed by atoms with E-state index in [2.05, 4.69) is 15.6 Å². The van der Waals surface area contributed by atoms with Crippen molar-refractivity contribution in [2.75, 3.05) is 31.6 Å². The van der Waals surface area contributed by atoms with Gasteiger partial charge in [0.15, 0.2) is 5.13 Å². The topological polar surface area (TPSA) is 54.5 Å². The monoisotopic (exact) mass is 373 g/mol. The minimum Gasteiger partial charge on any atom is -0.497 e. The summed E-state index contributed by atoms with van der Waals surface area (Å²) in [5.74, 6) is 0.912. The fourth-order valence-electron chi connectivity index (χ4n) is 3.15. The molecular formula is C20H27N3O2S. The van der Waals surface area contributed by atoms with E-state index in [1.165, 1.54) is 19.3 Å². The predicted molar refractivity (Wildman–Crippen MR) is 106 cm³/mol. The number of aromatic nitrogens is 1. The molecule has 5 nitrogen and oxygen atoms in total. The molecule has 3 rings (SSSR count). The van der Waals surface area contributed by atoms with Crippen LogP contribution in [0.15, 0.2) is 29.6 Å². The van der Waals surface area contributed by atoms with Gasteiger partial charge in [0.25, 0.3) is 0 Å². The first kappa shape index (κ1) is 18.7. The van der Waals surface area contributed by atoms with E-state index >= 15 is 0 Å². The number of anilines is 1. The van der Waals surface area contributed by atoms with Crippen molar-refractivity contribution in [3.63, 3.8) is 0 Å². The summed E-state index contributed by atoms with van der Waals surface area (Å²) >= 11 is 1.72. The number of aryl methyl sites for hydroxylation is 1. The number of hydrogen-bond acceptors (Lipinski definition) is 5. The summed E-state index contributed by atoms with van der Waals surface area (Å²) in [5, 5.41) is 6.25. The Bertz CT molecular complexity index is 711. The average Bonchev–Trinajstić information content (AvgIpc) is 3.16. The van der Waals surface area contributed by atoms with E-state index in [9.17, 15) is 4.79 Å². The second-order valence-corrected chi connectivity index (χ2v) is 7.46. The molecular weight excluding hydrogens is 346 g/mol. The molecule has 1 N–H and O–H groups in total. The largest absolute Gasteiger partial charge is 0.497 e. The van der Waals surface area contributed by atoms with Crippen LogP contribution in [-0.2, 0) is 17.6 Å². The van der Waals surface area contributed by atoms with Gasteiger partial charge in [-0.15, -0.1) is 11.3 Å². The third kappa shape index (κ3) is 5.46. The molecule has 140 valence electrons. The van der Waals surface area contributed by atoms with Gasteiger partial charge in [0.2, 0.25) is 5.91 Å². The van der Waals surface area contributed by atoms with Crippen LogP contribution >= 0.6 is 11.3 Å². The number of amides is 1. The number of methoxy groups -OCH3 is 1. The van der Waals surface area contributed by atoms with E-state index in [-0.39, 0.29) is 5.91 Å². The molecule has 1 fully saturated rings. The van der Waals surface area contributed by atoms with E-state index in [0.29, 0.717) is 13.0 Å². The molecule has 0 unspecified atom stereocenters. The Morgan fingerprint density at radius 2 is 2.12 bits per heavy atom. The third-order valence-electron chi connectivity index (χ3n) is 4.64. The lowest BCUT2D eigenvalue weighted by atomic mass is 10.1. The van der Waals surface area contributed by atoms with Gasteiger partial charge in [-0.25, -0.2) is 4.98 Å². The van der Waals surface area contributed by atoms with Crippen LogP contribution in [0, 0.1) is 0 Å². The average molecular weight is 374 g/mol. The van der Waals surface area contributed by atoms with Gasteiger partial charge in [0, 0.05) is 37.9 Å². The van der Waals surface area contributed by atoms with Crippen molar-refractivity contribution in [3.05, 3.63) is 40.9 Å². The van der Waals surface area contributed by atoms with Crippen LogP contribution in [-0.4, -0.2) is 37.6 Å². The van der Waals surface area contributed by atoms with E-state index in [1.807, 2.05) is 24.3 Å². The van der Waals surface area contributed by atoms with Crippen LogP contribution in [0.5, 0.6) is 5.75 Å². The van der Waals surface area contributed by atoms with Crippen molar-refractivity contribution in [3.8, 4) is 5.75 Å². The van der Waals surface area contributed by atoms with Crippen LogP contribution in [0.2, 0.25) is 0 Å². The predicted octanol–water partition coefficient (Wildman–Crippen LogP) is 3.43. The summed E-state index contributed by atoms with van der Waals surface area (Å²) in [7, 11) is 1.65. The van der Waals surface area contributed by atoms with E-state index in [0.717, 1.165) is 48.1 Å². The molecule has 0 bridgehead atoms. The van der Waals surface area contributed by atoms with Crippen molar-refractivity contribution in [2.24, 2.45) is 0 Å². The highest BCUT2D eigenvalue weighted by Crippen LogP contribution is 2.24. The Morgan fingerprint density at radius 1 is 1.27 bits per heavy atom. The Labute approximate surface area is 159 Å². The first-order valence-corrected chi connectivity index (χ1v) is 10.2. The lowest BCUT2D eigenvalue weighted by Gasteiger charge is -2.25. The number of piperidine rings is 1. The van der Waals surface area contributed by atoms with Crippen molar-refractivity contribution in [1.29, 1.82) is 0 Å². The number of nitrogens with one attached hydrogen (secondary N) is 1. The van der Waals surface area contributed by atoms with Gasteiger partial charge in [0.1, 0.15) is 5.75 Å². The second-order valence-electron chi connectivity index (χ2n) is 6.62. The molecule has 0 radical (unpaired) electrons. The fraction of sp³-hybridized carbons (Fsp3) is 0.500. The number of benzene rings is 1. The maximum atomic E-state index is 12.0. The Kier molecular flexibility index (Phi) is 6.89. The number of carbonyl (C=O) groups excluding carboxylic acids is 1. The zero-order valence-electron chi connectivity index (χ0n) is 15.4. The maximum absolute atomic E-state index is 12.0. The Balaban J connectivity index is 1.37. The van der Waals surface area contributed by atoms with Crippen LogP contribution in [0.25, 0.3) is 0 Å². The van der Waals surface area contributed by atoms with E-state index < -0.39 is 0 Å². The van der Waals surface area contributed by atoms with Gasteiger partial charge in [-0.3, -0.25) is 4.79 Å². The minimum absolute atomic E-state index is 0.0827. The molecule has 1 amide bonds. The van der Waals surface area contributed by atoms with E-state index in [4.69, 9.17) is 9.72 Å². The molecule has 0 spiro atoms. The molecule has 6 heteroatoms. The highest BCUT2D eigenvalue weighted by Gasteiger charge is 2.14. The fourth-order valence-corrected chi connectivity index (χ4v) is 4.06. The van der Waals surface area contributed by atoms with Crippen molar-refractivity contribution in [2.45, 2.75) is 38.5 Å². The summed E-state index contributed by atoms with van der Waals surface area (Å²) in [6, 6.07) is 7.86. The van der Waals surface area contributed by atoms with Gasteiger partial charge < -0.3 is 15.0 Å². The molecule has 1 aromatic heterocycles. The highest BCUT2D eigenvalue weighted by atomic mass is 32.1. The smallest absolute Gasteiger partial charge is 0.220 e. The molecule has 1 saturated heterocycles. The molecule has 2 aromatic rings. The Morgan fingerprint density at radius 3 is 2.92 bits per heavy atom.